The molecule has 1 rings (SSSR count). The van der Waals surface area contributed by atoms with Crippen molar-refractivity contribution in [1.82, 2.24) is 0 Å². The van der Waals surface area contributed by atoms with E-state index in [4.69, 9.17) is 9.47 Å². The third-order valence-corrected chi connectivity index (χ3v) is 3.79. The molecule has 1 aromatic rings. The van der Waals surface area contributed by atoms with E-state index in [0.717, 1.165) is 0 Å². The van der Waals surface area contributed by atoms with E-state index in [0.29, 0.717) is 17.1 Å². The number of carbonyl (C=O) groups is 1. The number of carboxylic acid groups (broad SMARTS) is 1. The number of methoxy groups -OCH3 is 2. The number of aliphatic carboxylic acids is 1. The molecule has 5 heteroatoms. The zero-order chi connectivity index (χ0) is 15.5. The fourth-order valence-electron chi connectivity index (χ4n) is 2.31. The molecule has 0 fully saturated rings. The molecule has 0 radical (unpaired) electrons. The van der Waals surface area contributed by atoms with Crippen molar-refractivity contribution >= 4 is 5.97 Å². The first-order valence-electron chi connectivity index (χ1n) is 6.46. The topological polar surface area (TPSA) is 76.0 Å². The molecule has 0 aromatic heterocycles. The molecule has 20 heavy (non-hydrogen) atoms. The lowest BCUT2D eigenvalue weighted by molar-refractivity contribution is -0.166. The molecule has 5 nitrogen and oxygen atoms in total. The molecule has 0 aliphatic rings. The van der Waals surface area contributed by atoms with Crippen molar-refractivity contribution < 1.29 is 24.5 Å². The molecule has 2 atom stereocenters. The number of benzene rings is 1. The lowest BCUT2D eigenvalue weighted by Gasteiger charge is -2.34. The highest BCUT2D eigenvalue weighted by atomic mass is 16.5. The second-order valence-corrected chi connectivity index (χ2v) is 5.12. The first-order valence-corrected chi connectivity index (χ1v) is 6.46. The number of rotatable bonds is 6. The van der Waals surface area contributed by atoms with Crippen molar-refractivity contribution in [2.75, 3.05) is 14.2 Å². The third kappa shape index (κ3) is 2.72. The van der Waals surface area contributed by atoms with Gasteiger partial charge >= 0.3 is 5.97 Å². The first-order chi connectivity index (χ1) is 9.28. The second kappa shape index (κ2) is 6.13. The van der Waals surface area contributed by atoms with Crippen LogP contribution in [-0.4, -0.2) is 36.0 Å². The number of carboxylic acids is 1. The van der Waals surface area contributed by atoms with Gasteiger partial charge in [0.2, 0.25) is 0 Å². The molecule has 0 amide bonds. The SMILES string of the molecule is COc1ccc(C(C)C(O)(C(=O)O)C(C)C)cc1OC. The largest absolute Gasteiger partial charge is 0.493 e. The van der Waals surface area contributed by atoms with Crippen LogP contribution in [-0.2, 0) is 4.79 Å². The molecule has 112 valence electrons. The summed E-state index contributed by atoms with van der Waals surface area (Å²) in [6.07, 6.45) is 0. The minimum atomic E-state index is -1.83. The normalized spacial score (nSPS) is 15.6. The van der Waals surface area contributed by atoms with Crippen LogP contribution in [0.4, 0.5) is 0 Å². The molecular weight excluding hydrogens is 260 g/mol. The Balaban J connectivity index is 3.26. The smallest absolute Gasteiger partial charge is 0.336 e. The number of aliphatic hydroxyl groups is 1. The lowest BCUT2D eigenvalue weighted by Crippen LogP contribution is -2.48. The Morgan fingerprint density at radius 3 is 2.10 bits per heavy atom. The Bertz CT molecular complexity index is 483. The van der Waals surface area contributed by atoms with Crippen molar-refractivity contribution in [3.8, 4) is 11.5 Å². The van der Waals surface area contributed by atoms with Gasteiger partial charge in [0.05, 0.1) is 14.2 Å². The molecule has 0 saturated carbocycles. The first kappa shape index (κ1) is 16.3. The summed E-state index contributed by atoms with van der Waals surface area (Å²) in [6.45, 7) is 5.06. The van der Waals surface area contributed by atoms with Crippen LogP contribution >= 0.6 is 0 Å². The van der Waals surface area contributed by atoms with Crippen molar-refractivity contribution in [3.05, 3.63) is 23.8 Å². The number of hydrogen-bond donors (Lipinski definition) is 2. The summed E-state index contributed by atoms with van der Waals surface area (Å²) in [7, 11) is 3.04. The average molecular weight is 282 g/mol. The van der Waals surface area contributed by atoms with Gasteiger partial charge in [0, 0.05) is 5.92 Å². The highest BCUT2D eigenvalue weighted by Crippen LogP contribution is 2.38. The summed E-state index contributed by atoms with van der Waals surface area (Å²) in [5.74, 6) is -1.17. The van der Waals surface area contributed by atoms with Gasteiger partial charge in [-0.25, -0.2) is 4.79 Å². The van der Waals surface area contributed by atoms with Crippen molar-refractivity contribution in [1.29, 1.82) is 0 Å². The number of ether oxygens (including phenoxy) is 2. The van der Waals surface area contributed by atoms with Gasteiger partial charge in [-0.2, -0.15) is 0 Å². The molecule has 0 aliphatic carbocycles. The molecule has 2 N–H and O–H groups in total. The fraction of sp³-hybridized carbons (Fsp3) is 0.533. The molecular formula is C15H22O5. The molecule has 0 saturated heterocycles. The summed E-state index contributed by atoms with van der Waals surface area (Å²) >= 11 is 0. The Kier molecular flexibility index (Phi) is 5.00. The van der Waals surface area contributed by atoms with Gasteiger partial charge in [-0.05, 0) is 23.6 Å². The Labute approximate surface area is 119 Å². The van der Waals surface area contributed by atoms with Gasteiger partial charge in [-0.3, -0.25) is 0 Å². The highest BCUT2D eigenvalue weighted by Gasteiger charge is 2.45. The van der Waals surface area contributed by atoms with Gasteiger partial charge in [0.1, 0.15) is 0 Å². The van der Waals surface area contributed by atoms with Crippen molar-refractivity contribution in [2.45, 2.75) is 32.3 Å². The van der Waals surface area contributed by atoms with Crippen LogP contribution in [0, 0.1) is 5.92 Å². The van der Waals surface area contributed by atoms with Crippen LogP contribution in [0.3, 0.4) is 0 Å². The Morgan fingerprint density at radius 1 is 1.15 bits per heavy atom. The maximum atomic E-state index is 11.4. The molecule has 1 aromatic carbocycles. The molecule has 0 heterocycles. The van der Waals surface area contributed by atoms with E-state index in [2.05, 4.69) is 0 Å². The minimum absolute atomic E-state index is 0.428. The summed E-state index contributed by atoms with van der Waals surface area (Å²) in [5.41, 5.74) is -1.15. The summed E-state index contributed by atoms with van der Waals surface area (Å²) in [6, 6.07) is 5.13. The highest BCUT2D eigenvalue weighted by molar-refractivity contribution is 5.79. The van der Waals surface area contributed by atoms with Gasteiger partial charge in [-0.1, -0.05) is 26.8 Å². The van der Waals surface area contributed by atoms with E-state index in [-0.39, 0.29) is 0 Å². The monoisotopic (exact) mass is 282 g/mol. The van der Waals surface area contributed by atoms with Crippen molar-refractivity contribution in [2.24, 2.45) is 5.92 Å². The van der Waals surface area contributed by atoms with E-state index in [1.807, 2.05) is 0 Å². The van der Waals surface area contributed by atoms with Crippen LogP contribution in [0.1, 0.15) is 32.3 Å². The van der Waals surface area contributed by atoms with E-state index < -0.39 is 23.4 Å². The van der Waals surface area contributed by atoms with Gasteiger partial charge in [0.25, 0.3) is 0 Å². The van der Waals surface area contributed by atoms with E-state index in [1.54, 1.807) is 39.0 Å². The zero-order valence-corrected chi connectivity index (χ0v) is 12.5. The fourth-order valence-corrected chi connectivity index (χ4v) is 2.31. The van der Waals surface area contributed by atoms with E-state index in [9.17, 15) is 15.0 Å². The molecule has 2 unspecified atom stereocenters. The van der Waals surface area contributed by atoms with Gasteiger partial charge < -0.3 is 19.7 Å². The Hall–Kier alpha value is -1.75. The maximum Gasteiger partial charge on any atom is 0.336 e. The predicted octanol–water partition coefficient (Wildman–Crippen LogP) is 2.28. The molecule has 0 bridgehead atoms. The van der Waals surface area contributed by atoms with Gasteiger partial charge in [0.15, 0.2) is 17.1 Å². The quantitative estimate of drug-likeness (QED) is 0.837. The molecule has 0 spiro atoms. The molecule has 0 aliphatic heterocycles. The summed E-state index contributed by atoms with van der Waals surface area (Å²) < 4.78 is 10.4. The number of hydrogen-bond acceptors (Lipinski definition) is 4. The average Bonchev–Trinajstić information content (AvgIpc) is 2.44. The third-order valence-electron chi connectivity index (χ3n) is 3.79. The van der Waals surface area contributed by atoms with Crippen LogP contribution in [0.25, 0.3) is 0 Å². The van der Waals surface area contributed by atoms with E-state index in [1.165, 1.54) is 14.2 Å². The summed E-state index contributed by atoms with van der Waals surface area (Å²) in [5, 5.41) is 19.9. The van der Waals surface area contributed by atoms with Crippen LogP contribution < -0.4 is 9.47 Å². The van der Waals surface area contributed by atoms with E-state index >= 15 is 0 Å². The van der Waals surface area contributed by atoms with Crippen LogP contribution in [0.2, 0.25) is 0 Å². The maximum absolute atomic E-state index is 11.4. The van der Waals surface area contributed by atoms with Gasteiger partial charge in [-0.15, -0.1) is 0 Å². The van der Waals surface area contributed by atoms with Crippen LogP contribution in [0.5, 0.6) is 11.5 Å². The predicted molar refractivity (Wildman–Crippen MR) is 75.4 cm³/mol. The lowest BCUT2D eigenvalue weighted by atomic mass is 9.76. The standard InChI is InChI=1S/C15H22O5/c1-9(2)15(18,14(16)17)10(3)11-6-7-12(19-4)13(8-11)20-5/h6-10,18H,1-5H3,(H,16,17). The second-order valence-electron chi connectivity index (χ2n) is 5.12. The van der Waals surface area contributed by atoms with Crippen LogP contribution in [0.15, 0.2) is 18.2 Å². The van der Waals surface area contributed by atoms with Crippen molar-refractivity contribution in [3.63, 3.8) is 0 Å². The zero-order valence-electron chi connectivity index (χ0n) is 12.5. The summed E-state index contributed by atoms with van der Waals surface area (Å²) in [4.78, 5) is 11.4. The Morgan fingerprint density at radius 2 is 1.70 bits per heavy atom. The minimum Gasteiger partial charge on any atom is -0.493 e.